The topological polar surface area (TPSA) is 37.6 Å². The van der Waals surface area contributed by atoms with E-state index in [2.05, 4.69) is 41.7 Å². The van der Waals surface area contributed by atoms with E-state index < -0.39 is 0 Å². The average molecular weight is 189 g/mol. The molecule has 0 aromatic carbocycles. The van der Waals surface area contributed by atoms with Gasteiger partial charge in [-0.05, 0) is 32.4 Å². The normalized spacial score (nSPS) is 10.5. The van der Waals surface area contributed by atoms with Crippen molar-refractivity contribution in [2.45, 2.75) is 32.7 Å². The molecule has 1 rings (SSSR count). The van der Waals surface area contributed by atoms with E-state index in [1.54, 1.807) is 12.4 Å². The molecule has 0 N–H and O–H groups in total. The number of nitrogens with zero attached hydrogens (tertiary/aromatic N) is 3. The minimum absolute atomic E-state index is 0.0777. The molecule has 14 heavy (non-hydrogen) atoms. The lowest BCUT2D eigenvalue weighted by Gasteiger charge is -2.12. The molecular formula is C11H15N3. The SMILES string of the molecule is CCC(C)(C)N=C=Nc1cccnc1. The maximum Gasteiger partial charge on any atom is 0.0955 e. The first-order valence-electron chi connectivity index (χ1n) is 4.72. The Labute approximate surface area is 84.6 Å². The quantitative estimate of drug-likeness (QED) is 0.673. The summed E-state index contributed by atoms with van der Waals surface area (Å²) < 4.78 is 0. The molecule has 0 amide bonds. The Morgan fingerprint density at radius 1 is 1.50 bits per heavy atom. The Balaban J connectivity index is 2.74. The van der Waals surface area contributed by atoms with Crippen LogP contribution in [0.4, 0.5) is 5.69 Å². The highest BCUT2D eigenvalue weighted by Crippen LogP contribution is 2.12. The van der Waals surface area contributed by atoms with E-state index in [9.17, 15) is 0 Å². The molecule has 0 spiro atoms. The van der Waals surface area contributed by atoms with Crippen molar-refractivity contribution in [3.05, 3.63) is 24.5 Å². The molecule has 0 unspecified atom stereocenters. The van der Waals surface area contributed by atoms with Gasteiger partial charge in [-0.25, -0.2) is 4.99 Å². The van der Waals surface area contributed by atoms with Crippen LogP contribution in [0.1, 0.15) is 27.2 Å². The van der Waals surface area contributed by atoms with Crippen LogP contribution in [0.5, 0.6) is 0 Å². The number of rotatable bonds is 3. The first-order chi connectivity index (χ1) is 6.64. The zero-order valence-electron chi connectivity index (χ0n) is 8.86. The van der Waals surface area contributed by atoms with Crippen molar-refractivity contribution in [1.82, 2.24) is 4.98 Å². The van der Waals surface area contributed by atoms with Gasteiger partial charge in [-0.2, -0.15) is 4.99 Å². The van der Waals surface area contributed by atoms with Crippen LogP contribution in [-0.2, 0) is 0 Å². The highest BCUT2D eigenvalue weighted by molar-refractivity contribution is 5.51. The number of pyridine rings is 1. The van der Waals surface area contributed by atoms with Gasteiger partial charge >= 0.3 is 0 Å². The molecule has 0 fully saturated rings. The minimum atomic E-state index is -0.0777. The van der Waals surface area contributed by atoms with Gasteiger partial charge in [-0.3, -0.25) is 4.98 Å². The van der Waals surface area contributed by atoms with E-state index in [0.29, 0.717) is 0 Å². The molecule has 0 atom stereocenters. The van der Waals surface area contributed by atoms with Crippen molar-refractivity contribution in [1.29, 1.82) is 0 Å². The smallest absolute Gasteiger partial charge is 0.0955 e. The van der Waals surface area contributed by atoms with E-state index in [0.717, 1.165) is 12.1 Å². The van der Waals surface area contributed by atoms with Gasteiger partial charge in [0.1, 0.15) is 0 Å². The van der Waals surface area contributed by atoms with Gasteiger partial charge in [0.2, 0.25) is 0 Å². The zero-order valence-corrected chi connectivity index (χ0v) is 8.86. The Morgan fingerprint density at radius 3 is 2.86 bits per heavy atom. The summed E-state index contributed by atoms with van der Waals surface area (Å²) in [4.78, 5) is 12.2. The van der Waals surface area contributed by atoms with Gasteiger partial charge in [-0.15, -0.1) is 0 Å². The van der Waals surface area contributed by atoms with Crippen LogP contribution >= 0.6 is 0 Å². The van der Waals surface area contributed by atoms with Gasteiger partial charge in [0.25, 0.3) is 0 Å². The number of aliphatic imine (C=N–C) groups is 2. The Morgan fingerprint density at radius 2 is 2.29 bits per heavy atom. The fourth-order valence-electron chi connectivity index (χ4n) is 0.717. The molecule has 0 radical (unpaired) electrons. The lowest BCUT2D eigenvalue weighted by atomic mass is 10.0. The van der Waals surface area contributed by atoms with E-state index in [4.69, 9.17) is 0 Å². The summed E-state index contributed by atoms with van der Waals surface area (Å²) in [5.41, 5.74) is 0.703. The molecule has 0 aliphatic rings. The van der Waals surface area contributed by atoms with Crippen LogP contribution in [0.15, 0.2) is 34.5 Å². The lowest BCUT2D eigenvalue weighted by Crippen LogP contribution is -2.13. The second-order valence-corrected chi connectivity index (χ2v) is 3.70. The van der Waals surface area contributed by atoms with Crippen LogP contribution < -0.4 is 0 Å². The summed E-state index contributed by atoms with van der Waals surface area (Å²) in [6.45, 7) is 6.20. The van der Waals surface area contributed by atoms with Crippen molar-refractivity contribution in [3.8, 4) is 0 Å². The molecule has 0 bridgehead atoms. The predicted octanol–water partition coefficient (Wildman–Crippen LogP) is 3.08. The molecule has 1 aromatic heterocycles. The molecule has 3 nitrogen and oxygen atoms in total. The summed E-state index contributed by atoms with van der Waals surface area (Å²) >= 11 is 0. The largest absolute Gasteiger partial charge is 0.262 e. The Kier molecular flexibility index (Phi) is 3.55. The van der Waals surface area contributed by atoms with Crippen LogP contribution in [0, 0.1) is 0 Å². The standard InChI is InChI=1S/C11H15N3/c1-4-11(2,3)14-9-13-10-6-5-7-12-8-10/h5-8H,4H2,1-3H3. The van der Waals surface area contributed by atoms with Crippen LogP contribution in [0.3, 0.4) is 0 Å². The third kappa shape index (κ3) is 3.50. The summed E-state index contributed by atoms with van der Waals surface area (Å²) in [5, 5.41) is 0. The van der Waals surface area contributed by atoms with Crippen LogP contribution in [0.2, 0.25) is 0 Å². The first-order valence-corrected chi connectivity index (χ1v) is 4.72. The van der Waals surface area contributed by atoms with Gasteiger partial charge < -0.3 is 0 Å². The number of aromatic nitrogens is 1. The summed E-state index contributed by atoms with van der Waals surface area (Å²) in [6, 6.07) is 6.41. The molecule has 1 aromatic rings. The van der Waals surface area contributed by atoms with E-state index >= 15 is 0 Å². The van der Waals surface area contributed by atoms with E-state index in [1.807, 2.05) is 12.1 Å². The average Bonchev–Trinajstić information content (AvgIpc) is 2.19. The fourth-order valence-corrected chi connectivity index (χ4v) is 0.717. The van der Waals surface area contributed by atoms with Crippen molar-refractivity contribution in [3.63, 3.8) is 0 Å². The van der Waals surface area contributed by atoms with Crippen LogP contribution in [0.25, 0.3) is 0 Å². The maximum absolute atomic E-state index is 4.23. The van der Waals surface area contributed by atoms with Crippen molar-refractivity contribution in [2.24, 2.45) is 9.98 Å². The highest BCUT2D eigenvalue weighted by Gasteiger charge is 2.10. The molecule has 1 heterocycles. The Bertz CT molecular complexity index is 335. The molecule has 0 aliphatic heterocycles. The van der Waals surface area contributed by atoms with Crippen molar-refractivity contribution in [2.75, 3.05) is 0 Å². The fraction of sp³-hybridized carbons (Fsp3) is 0.455. The van der Waals surface area contributed by atoms with E-state index in [-0.39, 0.29) is 5.54 Å². The van der Waals surface area contributed by atoms with E-state index in [1.165, 1.54) is 0 Å². The molecule has 0 aliphatic carbocycles. The van der Waals surface area contributed by atoms with Crippen molar-refractivity contribution < 1.29 is 0 Å². The zero-order chi connectivity index (χ0) is 10.4. The number of hydrogen-bond acceptors (Lipinski definition) is 3. The first kappa shape index (κ1) is 10.6. The van der Waals surface area contributed by atoms with Gasteiger partial charge in [0, 0.05) is 6.20 Å². The van der Waals surface area contributed by atoms with Gasteiger partial charge in [0.05, 0.1) is 23.4 Å². The highest BCUT2D eigenvalue weighted by atomic mass is 14.9. The Hall–Kier alpha value is -1.47. The summed E-state index contributed by atoms with van der Waals surface area (Å²) in [6.07, 6.45) is 4.37. The van der Waals surface area contributed by atoms with Crippen molar-refractivity contribution >= 4 is 11.7 Å². The molecule has 0 saturated carbocycles. The third-order valence-electron chi connectivity index (χ3n) is 2.04. The summed E-state index contributed by atoms with van der Waals surface area (Å²) in [7, 11) is 0. The minimum Gasteiger partial charge on any atom is -0.262 e. The molecule has 0 saturated heterocycles. The maximum atomic E-state index is 4.23. The second kappa shape index (κ2) is 4.68. The second-order valence-electron chi connectivity index (χ2n) is 3.70. The predicted molar refractivity (Wildman–Crippen MR) is 58.1 cm³/mol. The monoisotopic (exact) mass is 189 g/mol. The molecular weight excluding hydrogens is 174 g/mol. The molecule has 3 heteroatoms. The summed E-state index contributed by atoms with van der Waals surface area (Å²) in [5.74, 6) is 0. The van der Waals surface area contributed by atoms with Gasteiger partial charge in [-0.1, -0.05) is 6.92 Å². The van der Waals surface area contributed by atoms with Crippen LogP contribution in [-0.4, -0.2) is 16.5 Å². The van der Waals surface area contributed by atoms with Gasteiger partial charge in [0.15, 0.2) is 0 Å². The molecule has 74 valence electrons. The lowest BCUT2D eigenvalue weighted by molar-refractivity contribution is 0.508. The number of hydrogen-bond donors (Lipinski definition) is 0. The third-order valence-corrected chi connectivity index (χ3v) is 2.04.